The zero-order chi connectivity index (χ0) is 19.9. The van der Waals surface area contributed by atoms with Gasteiger partial charge < -0.3 is 10.1 Å². The number of methoxy groups -OCH3 is 1. The van der Waals surface area contributed by atoms with Crippen LogP contribution in [0.5, 0.6) is 0 Å². The molecule has 1 N–H and O–H groups in total. The molecule has 5 heteroatoms. The molecule has 0 saturated carbocycles. The van der Waals surface area contributed by atoms with E-state index in [1.807, 2.05) is 66.7 Å². The number of rotatable bonds is 6. The second-order valence-corrected chi connectivity index (χ2v) is 7.24. The summed E-state index contributed by atoms with van der Waals surface area (Å²) in [6, 6.07) is 24.1. The summed E-state index contributed by atoms with van der Waals surface area (Å²) >= 11 is 3.39. The number of nitrogens with one attached hydrogen (secondary N) is 1. The minimum Gasteiger partial charge on any atom is -0.467 e. The highest BCUT2D eigenvalue weighted by molar-refractivity contribution is 9.10. The molecule has 1 atom stereocenters. The molecule has 0 heterocycles. The highest BCUT2D eigenvalue weighted by Crippen LogP contribution is 2.19. The summed E-state index contributed by atoms with van der Waals surface area (Å²) in [5.41, 5.74) is 3.52. The van der Waals surface area contributed by atoms with Crippen LogP contribution < -0.4 is 5.32 Å². The van der Waals surface area contributed by atoms with Crippen molar-refractivity contribution < 1.29 is 14.3 Å². The number of amides is 1. The molecule has 28 heavy (non-hydrogen) atoms. The average molecular weight is 438 g/mol. The van der Waals surface area contributed by atoms with Gasteiger partial charge >= 0.3 is 5.97 Å². The molecule has 0 bridgehead atoms. The Morgan fingerprint density at radius 3 is 2.11 bits per heavy atom. The minimum absolute atomic E-state index is 0.313. The van der Waals surface area contributed by atoms with Crippen molar-refractivity contribution in [1.82, 2.24) is 5.32 Å². The van der Waals surface area contributed by atoms with Gasteiger partial charge in [0.2, 0.25) is 0 Å². The van der Waals surface area contributed by atoms with Crippen molar-refractivity contribution in [2.75, 3.05) is 7.11 Å². The van der Waals surface area contributed by atoms with E-state index in [4.69, 9.17) is 4.74 Å². The van der Waals surface area contributed by atoms with Gasteiger partial charge in [0.15, 0.2) is 0 Å². The summed E-state index contributed by atoms with van der Waals surface area (Å²) in [5, 5.41) is 2.78. The quantitative estimate of drug-likeness (QED) is 0.571. The van der Waals surface area contributed by atoms with Gasteiger partial charge in [0.25, 0.3) is 5.91 Å². The lowest BCUT2D eigenvalue weighted by atomic mass is 10.0. The first-order valence-electron chi connectivity index (χ1n) is 8.85. The number of hydrogen-bond donors (Lipinski definition) is 1. The highest BCUT2D eigenvalue weighted by atomic mass is 79.9. The van der Waals surface area contributed by atoms with Gasteiger partial charge in [0.1, 0.15) is 6.04 Å². The van der Waals surface area contributed by atoms with Crippen LogP contribution in [0.25, 0.3) is 11.1 Å². The largest absolute Gasteiger partial charge is 0.467 e. The van der Waals surface area contributed by atoms with Crippen LogP contribution in [-0.4, -0.2) is 25.0 Å². The Bertz CT molecular complexity index is 938. The molecule has 0 saturated heterocycles. The fourth-order valence-electron chi connectivity index (χ4n) is 2.88. The van der Waals surface area contributed by atoms with E-state index in [1.54, 1.807) is 12.1 Å². The van der Waals surface area contributed by atoms with Crippen molar-refractivity contribution in [2.45, 2.75) is 12.5 Å². The molecule has 1 amide bonds. The zero-order valence-electron chi connectivity index (χ0n) is 15.4. The number of ether oxygens (including phenoxy) is 1. The van der Waals surface area contributed by atoms with Crippen molar-refractivity contribution in [1.29, 1.82) is 0 Å². The van der Waals surface area contributed by atoms with E-state index in [9.17, 15) is 9.59 Å². The minimum atomic E-state index is -0.757. The standard InChI is InChI=1S/C23H20BrNO3/c1-28-23(27)21(15-16-7-13-20(24)14-8-16)25-22(26)19-11-9-18(10-12-19)17-5-3-2-4-6-17/h2-14,21H,15H2,1H3,(H,25,26)/t21-/m1/s1. The molecule has 0 aromatic heterocycles. The summed E-state index contributed by atoms with van der Waals surface area (Å²) in [4.78, 5) is 24.8. The predicted octanol–water partition coefficient (Wildman–Crippen LogP) is 4.63. The van der Waals surface area contributed by atoms with Crippen molar-refractivity contribution in [3.05, 3.63) is 94.5 Å². The van der Waals surface area contributed by atoms with Gasteiger partial charge in [-0.15, -0.1) is 0 Å². The molecule has 142 valence electrons. The summed E-state index contributed by atoms with van der Waals surface area (Å²) in [6.45, 7) is 0. The molecule has 0 aliphatic carbocycles. The van der Waals surface area contributed by atoms with E-state index < -0.39 is 12.0 Å². The normalized spacial score (nSPS) is 11.5. The monoisotopic (exact) mass is 437 g/mol. The summed E-state index contributed by atoms with van der Waals surface area (Å²) in [5.74, 6) is -0.788. The number of halogens is 1. The van der Waals surface area contributed by atoms with E-state index in [0.717, 1.165) is 21.2 Å². The molecule has 0 fully saturated rings. The number of carbonyl (C=O) groups excluding carboxylic acids is 2. The van der Waals surface area contributed by atoms with Gasteiger partial charge in [-0.3, -0.25) is 4.79 Å². The lowest BCUT2D eigenvalue weighted by Gasteiger charge is -2.17. The molecule has 3 rings (SSSR count). The Morgan fingerprint density at radius 2 is 1.50 bits per heavy atom. The third-order valence-electron chi connectivity index (χ3n) is 4.40. The fourth-order valence-corrected chi connectivity index (χ4v) is 3.14. The van der Waals surface area contributed by atoms with Crippen LogP contribution in [0, 0.1) is 0 Å². The van der Waals surface area contributed by atoms with Crippen LogP contribution in [0.1, 0.15) is 15.9 Å². The Morgan fingerprint density at radius 1 is 0.893 bits per heavy atom. The Balaban J connectivity index is 1.72. The first-order valence-corrected chi connectivity index (χ1v) is 9.65. The fraction of sp³-hybridized carbons (Fsp3) is 0.130. The first kappa shape index (κ1) is 19.8. The number of benzene rings is 3. The maximum atomic E-state index is 12.6. The van der Waals surface area contributed by atoms with Crippen LogP contribution in [0.2, 0.25) is 0 Å². The third kappa shape index (κ3) is 5.08. The second kappa shape index (κ2) is 9.33. The van der Waals surface area contributed by atoms with Crippen LogP contribution in [0.3, 0.4) is 0 Å². The van der Waals surface area contributed by atoms with Crippen molar-refractivity contribution in [3.63, 3.8) is 0 Å². The van der Waals surface area contributed by atoms with E-state index in [-0.39, 0.29) is 5.91 Å². The second-order valence-electron chi connectivity index (χ2n) is 6.32. The first-order chi connectivity index (χ1) is 13.6. The van der Waals surface area contributed by atoms with Crippen LogP contribution in [-0.2, 0) is 16.0 Å². The van der Waals surface area contributed by atoms with Gasteiger partial charge in [0, 0.05) is 16.5 Å². The maximum Gasteiger partial charge on any atom is 0.328 e. The zero-order valence-corrected chi connectivity index (χ0v) is 17.0. The number of carbonyl (C=O) groups is 2. The van der Waals surface area contributed by atoms with E-state index in [2.05, 4.69) is 21.2 Å². The highest BCUT2D eigenvalue weighted by Gasteiger charge is 2.22. The lowest BCUT2D eigenvalue weighted by molar-refractivity contribution is -0.142. The number of esters is 1. The van der Waals surface area contributed by atoms with Crippen LogP contribution in [0.4, 0.5) is 0 Å². The third-order valence-corrected chi connectivity index (χ3v) is 4.93. The summed E-state index contributed by atoms with van der Waals surface area (Å²) in [7, 11) is 1.32. The van der Waals surface area contributed by atoms with E-state index >= 15 is 0 Å². The Labute approximate surface area is 172 Å². The summed E-state index contributed by atoms with van der Waals surface area (Å²) < 4.78 is 5.81. The van der Waals surface area contributed by atoms with E-state index in [1.165, 1.54) is 7.11 Å². The lowest BCUT2D eigenvalue weighted by Crippen LogP contribution is -2.43. The molecular formula is C23H20BrNO3. The van der Waals surface area contributed by atoms with Gasteiger partial charge in [-0.2, -0.15) is 0 Å². The maximum absolute atomic E-state index is 12.6. The average Bonchev–Trinajstić information content (AvgIpc) is 2.75. The van der Waals surface area contributed by atoms with Gasteiger partial charge in [0.05, 0.1) is 7.11 Å². The topological polar surface area (TPSA) is 55.4 Å². The van der Waals surface area contributed by atoms with Crippen molar-refractivity contribution in [2.24, 2.45) is 0 Å². The molecule has 4 nitrogen and oxygen atoms in total. The van der Waals surface area contributed by atoms with Gasteiger partial charge in [-0.1, -0.05) is 70.5 Å². The SMILES string of the molecule is COC(=O)[C@@H](Cc1ccc(Br)cc1)NC(=O)c1ccc(-c2ccccc2)cc1. The van der Waals surface area contributed by atoms with Crippen LogP contribution >= 0.6 is 15.9 Å². The molecule has 0 radical (unpaired) electrons. The Hall–Kier alpha value is -2.92. The smallest absolute Gasteiger partial charge is 0.328 e. The predicted molar refractivity (Wildman–Crippen MR) is 113 cm³/mol. The molecule has 0 unspecified atom stereocenters. The number of hydrogen-bond acceptors (Lipinski definition) is 3. The molecule has 0 spiro atoms. The molecule has 3 aromatic carbocycles. The van der Waals surface area contributed by atoms with Gasteiger partial charge in [-0.05, 0) is 41.0 Å². The van der Waals surface area contributed by atoms with Crippen molar-refractivity contribution >= 4 is 27.8 Å². The molecule has 0 aliphatic heterocycles. The Kier molecular flexibility index (Phi) is 6.61. The molecular weight excluding hydrogens is 418 g/mol. The van der Waals surface area contributed by atoms with Crippen LogP contribution in [0.15, 0.2) is 83.3 Å². The summed E-state index contributed by atoms with van der Waals surface area (Å²) in [6.07, 6.45) is 0.355. The van der Waals surface area contributed by atoms with Crippen molar-refractivity contribution in [3.8, 4) is 11.1 Å². The molecule has 0 aliphatic rings. The molecule has 3 aromatic rings. The van der Waals surface area contributed by atoms with E-state index in [0.29, 0.717) is 12.0 Å². The van der Waals surface area contributed by atoms with Gasteiger partial charge in [-0.25, -0.2) is 4.79 Å².